The summed E-state index contributed by atoms with van der Waals surface area (Å²) in [6, 6.07) is 8.30. The highest BCUT2D eigenvalue weighted by Crippen LogP contribution is 2.38. The lowest BCUT2D eigenvalue weighted by Gasteiger charge is -2.40. The minimum atomic E-state index is -0.375. The van der Waals surface area contributed by atoms with E-state index in [4.69, 9.17) is 4.74 Å². The van der Waals surface area contributed by atoms with Crippen molar-refractivity contribution in [2.45, 2.75) is 24.7 Å². The summed E-state index contributed by atoms with van der Waals surface area (Å²) in [4.78, 5) is 0. The lowest BCUT2D eigenvalue weighted by atomic mass is 9.90. The van der Waals surface area contributed by atoms with Gasteiger partial charge in [-0.25, -0.2) is 0 Å². The molecule has 1 saturated heterocycles. The molecule has 74 valence electrons. The van der Waals surface area contributed by atoms with Crippen molar-refractivity contribution in [3.05, 3.63) is 29.8 Å². The van der Waals surface area contributed by atoms with Crippen LogP contribution >= 0.6 is 0 Å². The molecule has 0 radical (unpaired) electrons. The third kappa shape index (κ3) is 1.13. The van der Waals surface area contributed by atoms with Crippen LogP contribution in [-0.2, 0) is 4.74 Å². The number of benzene rings is 1. The second kappa shape index (κ2) is 2.97. The number of ether oxygens (including phenoxy) is 1. The average molecular weight is 191 g/mol. The first-order valence-electron chi connectivity index (χ1n) is 5.00. The fraction of sp³-hybridized carbons (Fsp3) is 0.455. The Morgan fingerprint density at radius 1 is 1.36 bits per heavy atom. The van der Waals surface area contributed by atoms with Gasteiger partial charge in [-0.3, -0.25) is 0 Å². The molecule has 14 heavy (non-hydrogen) atoms. The number of rotatable bonds is 0. The molecule has 0 aliphatic carbocycles. The molecule has 0 unspecified atom stereocenters. The van der Waals surface area contributed by atoms with Crippen molar-refractivity contribution in [2.24, 2.45) is 0 Å². The van der Waals surface area contributed by atoms with Crippen LogP contribution in [0.3, 0.4) is 0 Å². The van der Waals surface area contributed by atoms with Crippen LogP contribution in [0.4, 0.5) is 5.69 Å². The van der Waals surface area contributed by atoms with Crippen LogP contribution in [0.2, 0.25) is 0 Å². The van der Waals surface area contributed by atoms with Crippen LogP contribution in [0.25, 0.3) is 0 Å². The molecule has 3 rings (SSSR count). The predicted octanol–water partition coefficient (Wildman–Crippen LogP) is 1.30. The number of aliphatic hydroxyl groups excluding tert-OH is 1. The third-order valence-electron chi connectivity index (χ3n) is 3.05. The number of anilines is 1. The summed E-state index contributed by atoms with van der Waals surface area (Å²) in [6.45, 7) is 0.441. The van der Waals surface area contributed by atoms with Gasteiger partial charge in [0.25, 0.3) is 0 Å². The third-order valence-corrected chi connectivity index (χ3v) is 3.05. The van der Waals surface area contributed by atoms with Gasteiger partial charge in [0.2, 0.25) is 0 Å². The maximum Gasteiger partial charge on any atom is 0.0975 e. The molecule has 2 bridgehead atoms. The number of hydrogen-bond acceptors (Lipinski definition) is 3. The van der Waals surface area contributed by atoms with E-state index in [9.17, 15) is 5.11 Å². The molecule has 0 saturated carbocycles. The molecule has 2 aliphatic rings. The van der Waals surface area contributed by atoms with Crippen LogP contribution in [0, 0.1) is 0 Å². The SMILES string of the molecule is O[C@H]1CO[C@@H]2C[C@H]1Nc1ccccc12. The maximum absolute atomic E-state index is 9.66. The monoisotopic (exact) mass is 191 g/mol. The second-order valence-corrected chi connectivity index (χ2v) is 3.96. The van der Waals surface area contributed by atoms with Crippen molar-refractivity contribution in [1.82, 2.24) is 0 Å². The Bertz CT molecular complexity index is 353. The zero-order valence-electron chi connectivity index (χ0n) is 7.81. The Morgan fingerprint density at radius 2 is 2.21 bits per heavy atom. The molecule has 1 aromatic carbocycles. The summed E-state index contributed by atoms with van der Waals surface area (Å²) in [5.74, 6) is 0. The van der Waals surface area contributed by atoms with Gasteiger partial charge >= 0.3 is 0 Å². The molecule has 2 aliphatic heterocycles. The van der Waals surface area contributed by atoms with E-state index in [-0.39, 0.29) is 18.2 Å². The van der Waals surface area contributed by atoms with Crippen LogP contribution in [0.5, 0.6) is 0 Å². The summed E-state index contributed by atoms with van der Waals surface area (Å²) in [5.41, 5.74) is 2.32. The van der Waals surface area contributed by atoms with Gasteiger partial charge in [-0.05, 0) is 6.07 Å². The summed E-state index contributed by atoms with van der Waals surface area (Å²) >= 11 is 0. The number of nitrogens with one attached hydrogen (secondary N) is 1. The summed E-state index contributed by atoms with van der Waals surface area (Å²) in [5, 5.41) is 13.0. The molecule has 1 fully saturated rings. The van der Waals surface area contributed by atoms with Crippen LogP contribution < -0.4 is 5.32 Å². The first kappa shape index (κ1) is 8.26. The summed E-state index contributed by atoms with van der Waals surface area (Å²) in [7, 11) is 0. The fourth-order valence-corrected chi connectivity index (χ4v) is 2.27. The Hall–Kier alpha value is -1.06. The van der Waals surface area contributed by atoms with Crippen molar-refractivity contribution >= 4 is 5.69 Å². The van der Waals surface area contributed by atoms with Crippen LogP contribution in [0.1, 0.15) is 18.1 Å². The molecular formula is C11H13NO2. The molecule has 2 N–H and O–H groups in total. The van der Waals surface area contributed by atoms with E-state index >= 15 is 0 Å². The topological polar surface area (TPSA) is 41.5 Å². The zero-order chi connectivity index (χ0) is 9.54. The molecule has 3 atom stereocenters. The lowest BCUT2D eigenvalue weighted by molar-refractivity contribution is -0.0672. The molecular weight excluding hydrogens is 178 g/mol. The van der Waals surface area contributed by atoms with E-state index in [1.165, 1.54) is 5.56 Å². The first-order chi connectivity index (χ1) is 6.84. The predicted molar refractivity (Wildman–Crippen MR) is 53.2 cm³/mol. The molecule has 2 heterocycles. The largest absolute Gasteiger partial charge is 0.389 e. The number of hydrogen-bond donors (Lipinski definition) is 2. The number of fused-ring (bicyclic) bond motifs is 4. The second-order valence-electron chi connectivity index (χ2n) is 3.96. The highest BCUT2D eigenvalue weighted by Gasteiger charge is 2.35. The minimum absolute atomic E-state index is 0.156. The van der Waals surface area contributed by atoms with Crippen LogP contribution in [0.15, 0.2) is 24.3 Å². The molecule has 0 amide bonds. The first-order valence-corrected chi connectivity index (χ1v) is 5.00. The number of para-hydroxylation sites is 1. The van der Waals surface area contributed by atoms with Gasteiger partial charge in [0.15, 0.2) is 0 Å². The van der Waals surface area contributed by atoms with Gasteiger partial charge < -0.3 is 15.2 Å². The van der Waals surface area contributed by atoms with Crippen molar-refractivity contribution in [3.8, 4) is 0 Å². The summed E-state index contributed by atoms with van der Waals surface area (Å²) in [6.07, 6.45) is 0.665. The zero-order valence-corrected chi connectivity index (χ0v) is 7.81. The minimum Gasteiger partial charge on any atom is -0.389 e. The Kier molecular flexibility index (Phi) is 1.75. The van der Waals surface area contributed by atoms with E-state index in [1.807, 2.05) is 18.2 Å². The van der Waals surface area contributed by atoms with Gasteiger partial charge in [-0.15, -0.1) is 0 Å². The van der Waals surface area contributed by atoms with Gasteiger partial charge in [-0.1, -0.05) is 18.2 Å². The Labute approximate surface area is 82.7 Å². The Morgan fingerprint density at radius 3 is 3.14 bits per heavy atom. The highest BCUT2D eigenvalue weighted by atomic mass is 16.5. The van der Waals surface area contributed by atoms with Gasteiger partial charge in [0.05, 0.1) is 24.9 Å². The van der Waals surface area contributed by atoms with Crippen LogP contribution in [-0.4, -0.2) is 23.9 Å². The van der Waals surface area contributed by atoms with E-state index in [0.29, 0.717) is 6.61 Å². The van der Waals surface area contributed by atoms with E-state index in [0.717, 1.165) is 12.1 Å². The van der Waals surface area contributed by atoms with Crippen molar-refractivity contribution < 1.29 is 9.84 Å². The fourth-order valence-electron chi connectivity index (χ4n) is 2.27. The standard InChI is InChI=1S/C11H13NO2/c13-10-6-14-11-5-9(10)12-8-4-2-1-3-7(8)11/h1-4,9-13H,5-6H2/t9-,10+,11-/m1/s1. The van der Waals surface area contributed by atoms with E-state index in [1.54, 1.807) is 0 Å². The molecule has 0 aromatic heterocycles. The van der Waals surface area contributed by atoms with E-state index < -0.39 is 0 Å². The van der Waals surface area contributed by atoms with Gasteiger partial charge in [-0.2, -0.15) is 0 Å². The summed E-state index contributed by atoms with van der Waals surface area (Å²) < 4.78 is 5.60. The highest BCUT2D eigenvalue weighted by molar-refractivity contribution is 5.55. The lowest BCUT2D eigenvalue weighted by Crippen LogP contribution is -2.45. The molecule has 3 heteroatoms. The van der Waals surface area contributed by atoms with E-state index in [2.05, 4.69) is 11.4 Å². The molecule has 1 aromatic rings. The molecule has 0 spiro atoms. The van der Waals surface area contributed by atoms with Crippen molar-refractivity contribution in [2.75, 3.05) is 11.9 Å². The smallest absolute Gasteiger partial charge is 0.0975 e. The maximum atomic E-state index is 9.66. The van der Waals surface area contributed by atoms with Crippen molar-refractivity contribution in [3.63, 3.8) is 0 Å². The average Bonchev–Trinajstić information content (AvgIpc) is 2.24. The van der Waals surface area contributed by atoms with Crippen molar-refractivity contribution in [1.29, 1.82) is 0 Å². The Balaban J connectivity index is 2.02. The molecule has 3 nitrogen and oxygen atoms in total. The quantitative estimate of drug-likeness (QED) is 0.649. The normalized spacial score (nSPS) is 34.5. The van der Waals surface area contributed by atoms with Gasteiger partial charge in [0, 0.05) is 17.7 Å². The van der Waals surface area contributed by atoms with Gasteiger partial charge in [0.1, 0.15) is 0 Å². The number of aliphatic hydroxyl groups is 1.